The Morgan fingerprint density at radius 2 is 1.44 bits per heavy atom. The zero-order valence-electron chi connectivity index (χ0n) is 4.59. The van der Waals surface area contributed by atoms with Gasteiger partial charge in [0, 0.05) is 37.2 Å². The number of hydrogen-bond donors (Lipinski definition) is 1. The van der Waals surface area contributed by atoms with Crippen LogP contribution in [-0.4, -0.2) is 5.11 Å². The van der Waals surface area contributed by atoms with Crippen LogP contribution in [0.2, 0.25) is 0 Å². The highest BCUT2D eigenvalue weighted by molar-refractivity contribution is 15.0. The SMILES string of the molecule is II.Oc1ccccc1. The standard InChI is InChI=1S/C6H6O.I2/c7-6-4-2-1-3-5-6;1-2/h1-5,7H;. The highest BCUT2D eigenvalue weighted by atomic mass is 128. The van der Waals surface area contributed by atoms with Crippen molar-refractivity contribution in [2.24, 2.45) is 0 Å². The number of aromatic hydroxyl groups is 1. The van der Waals surface area contributed by atoms with Crippen LogP contribution in [0.5, 0.6) is 5.75 Å². The Morgan fingerprint density at radius 1 is 1.00 bits per heavy atom. The van der Waals surface area contributed by atoms with Crippen molar-refractivity contribution in [3.05, 3.63) is 30.3 Å². The van der Waals surface area contributed by atoms with Gasteiger partial charge in [-0.1, -0.05) is 18.2 Å². The topological polar surface area (TPSA) is 20.2 Å². The lowest BCUT2D eigenvalue weighted by molar-refractivity contribution is 0.475. The van der Waals surface area contributed by atoms with Crippen molar-refractivity contribution in [2.45, 2.75) is 0 Å². The quantitative estimate of drug-likeness (QED) is 0.715. The minimum Gasteiger partial charge on any atom is -0.508 e. The van der Waals surface area contributed by atoms with E-state index in [1.807, 2.05) is 6.07 Å². The molecule has 0 aliphatic carbocycles. The fourth-order valence-corrected chi connectivity index (χ4v) is 0.428. The van der Waals surface area contributed by atoms with Crippen molar-refractivity contribution in [1.82, 2.24) is 0 Å². The summed E-state index contributed by atoms with van der Waals surface area (Å²) in [6.45, 7) is 0. The van der Waals surface area contributed by atoms with Gasteiger partial charge in [-0.3, -0.25) is 0 Å². The number of halogens is 2. The summed E-state index contributed by atoms with van der Waals surface area (Å²) < 4.78 is 0. The number of hydrogen-bond acceptors (Lipinski definition) is 1. The van der Waals surface area contributed by atoms with Crippen LogP contribution in [0.4, 0.5) is 0 Å². The molecule has 0 saturated carbocycles. The predicted molar refractivity (Wildman–Crippen MR) is 56.1 cm³/mol. The fourth-order valence-electron chi connectivity index (χ4n) is 0.428. The normalized spacial score (nSPS) is 7.33. The maximum Gasteiger partial charge on any atom is 0.115 e. The molecule has 0 aromatic heterocycles. The maximum absolute atomic E-state index is 8.63. The molecular formula is C6H6I2O. The van der Waals surface area contributed by atoms with Crippen LogP contribution in [0.3, 0.4) is 0 Å². The lowest BCUT2D eigenvalue weighted by atomic mass is 10.3. The Morgan fingerprint density at radius 3 is 1.67 bits per heavy atom. The van der Waals surface area contributed by atoms with Crippen LogP contribution in [0.1, 0.15) is 0 Å². The summed E-state index contributed by atoms with van der Waals surface area (Å²) in [6.07, 6.45) is 0. The average Bonchev–Trinajstić information content (AvgIpc) is 1.94. The molecule has 3 heteroatoms. The van der Waals surface area contributed by atoms with Crippen molar-refractivity contribution in [1.29, 1.82) is 0 Å². The van der Waals surface area contributed by atoms with E-state index in [1.165, 1.54) is 0 Å². The Hall–Kier alpha value is 0.480. The lowest BCUT2D eigenvalue weighted by Crippen LogP contribution is -1.56. The molecule has 50 valence electrons. The van der Waals surface area contributed by atoms with Gasteiger partial charge in [-0.25, -0.2) is 0 Å². The third kappa shape index (κ3) is 4.95. The van der Waals surface area contributed by atoms with E-state index in [2.05, 4.69) is 37.2 Å². The van der Waals surface area contributed by atoms with Crippen molar-refractivity contribution in [2.75, 3.05) is 0 Å². The molecule has 0 unspecified atom stereocenters. The first-order valence-corrected chi connectivity index (χ1v) is 8.56. The molecule has 0 aliphatic rings. The number of para-hydroxylation sites is 1. The van der Waals surface area contributed by atoms with Crippen molar-refractivity contribution < 1.29 is 5.11 Å². The molecule has 1 nitrogen and oxygen atoms in total. The van der Waals surface area contributed by atoms with Gasteiger partial charge < -0.3 is 5.11 Å². The van der Waals surface area contributed by atoms with Gasteiger partial charge in [0.15, 0.2) is 0 Å². The minimum atomic E-state index is 0.322. The Balaban J connectivity index is 0.000000291. The van der Waals surface area contributed by atoms with E-state index in [0.717, 1.165) is 0 Å². The van der Waals surface area contributed by atoms with Crippen molar-refractivity contribution >= 4 is 37.2 Å². The van der Waals surface area contributed by atoms with Crippen LogP contribution in [-0.2, 0) is 0 Å². The van der Waals surface area contributed by atoms with E-state index in [4.69, 9.17) is 5.11 Å². The first kappa shape index (κ1) is 9.48. The molecule has 0 fully saturated rings. The summed E-state index contributed by atoms with van der Waals surface area (Å²) in [5.74, 6) is 0.322. The first-order valence-electron chi connectivity index (χ1n) is 2.28. The molecule has 0 atom stereocenters. The van der Waals surface area contributed by atoms with E-state index in [0.29, 0.717) is 5.75 Å². The molecule has 0 saturated heterocycles. The van der Waals surface area contributed by atoms with Gasteiger partial charge in [-0.05, 0) is 12.1 Å². The molecule has 0 bridgehead atoms. The van der Waals surface area contributed by atoms with Crippen LogP contribution < -0.4 is 0 Å². The maximum atomic E-state index is 8.63. The predicted octanol–water partition coefficient (Wildman–Crippen LogP) is 3.16. The monoisotopic (exact) mass is 348 g/mol. The second kappa shape index (κ2) is 6.60. The number of benzene rings is 1. The molecule has 0 radical (unpaired) electrons. The smallest absolute Gasteiger partial charge is 0.115 e. The van der Waals surface area contributed by atoms with E-state index in [9.17, 15) is 0 Å². The average molecular weight is 348 g/mol. The second-order valence-corrected chi connectivity index (χ2v) is 1.34. The van der Waals surface area contributed by atoms with E-state index in [-0.39, 0.29) is 0 Å². The summed E-state index contributed by atoms with van der Waals surface area (Å²) in [4.78, 5) is 0. The number of rotatable bonds is 0. The van der Waals surface area contributed by atoms with Gasteiger partial charge in [0.05, 0.1) is 0 Å². The number of phenols is 1. The molecule has 0 spiro atoms. The molecule has 0 heterocycles. The van der Waals surface area contributed by atoms with Crippen LogP contribution in [0.15, 0.2) is 30.3 Å². The summed E-state index contributed by atoms with van der Waals surface area (Å²) in [5, 5.41) is 8.63. The molecule has 1 aromatic carbocycles. The van der Waals surface area contributed by atoms with E-state index in [1.54, 1.807) is 24.3 Å². The zero-order valence-corrected chi connectivity index (χ0v) is 8.90. The van der Waals surface area contributed by atoms with Gasteiger partial charge in [0.1, 0.15) is 5.75 Å². The van der Waals surface area contributed by atoms with E-state index < -0.39 is 0 Å². The molecule has 0 aliphatic heterocycles. The van der Waals surface area contributed by atoms with Gasteiger partial charge in [0.25, 0.3) is 0 Å². The minimum absolute atomic E-state index is 0.322. The Bertz CT molecular complexity index is 141. The second-order valence-electron chi connectivity index (χ2n) is 1.34. The highest BCUT2D eigenvalue weighted by Crippen LogP contribution is 2.02. The highest BCUT2D eigenvalue weighted by Gasteiger charge is 1.74. The molecule has 9 heavy (non-hydrogen) atoms. The van der Waals surface area contributed by atoms with Crippen LogP contribution in [0.25, 0.3) is 0 Å². The van der Waals surface area contributed by atoms with Crippen LogP contribution in [0, 0.1) is 0 Å². The summed E-state index contributed by atoms with van der Waals surface area (Å²) in [7, 11) is 0. The number of phenolic OH excluding ortho intramolecular Hbond substituents is 1. The zero-order chi connectivity index (χ0) is 7.11. The molecular weight excluding hydrogens is 342 g/mol. The van der Waals surface area contributed by atoms with Gasteiger partial charge in [0.2, 0.25) is 0 Å². The Kier molecular flexibility index (Phi) is 6.95. The van der Waals surface area contributed by atoms with Gasteiger partial charge >= 0.3 is 0 Å². The van der Waals surface area contributed by atoms with Crippen molar-refractivity contribution in [3.8, 4) is 5.75 Å². The molecule has 1 N–H and O–H groups in total. The summed E-state index contributed by atoms with van der Waals surface area (Å²) in [5.41, 5.74) is 0. The van der Waals surface area contributed by atoms with Gasteiger partial charge in [-0.2, -0.15) is 0 Å². The molecule has 1 rings (SSSR count). The Labute approximate surface area is 77.8 Å². The van der Waals surface area contributed by atoms with Gasteiger partial charge in [-0.15, -0.1) is 0 Å². The van der Waals surface area contributed by atoms with E-state index >= 15 is 0 Å². The van der Waals surface area contributed by atoms with Crippen molar-refractivity contribution in [3.63, 3.8) is 0 Å². The fraction of sp³-hybridized carbons (Fsp3) is 0. The summed E-state index contributed by atoms with van der Waals surface area (Å²) in [6, 6.07) is 8.71. The third-order valence-corrected chi connectivity index (χ3v) is 0.756. The molecule has 1 aromatic rings. The largest absolute Gasteiger partial charge is 0.508 e. The van der Waals surface area contributed by atoms with Crippen LogP contribution >= 0.6 is 37.2 Å². The first-order chi connectivity index (χ1) is 4.39. The summed E-state index contributed by atoms with van der Waals surface area (Å²) >= 11 is 4.24. The lowest BCUT2D eigenvalue weighted by Gasteiger charge is -1.82. The molecule has 0 amide bonds. The third-order valence-electron chi connectivity index (χ3n) is 0.756.